The largest absolute Gasteiger partial charge is 0.397 e. The van der Waals surface area contributed by atoms with E-state index in [1.165, 1.54) is 5.56 Å². The number of nitrogens with one attached hydrogen (secondary N) is 2. The van der Waals surface area contributed by atoms with Gasteiger partial charge in [-0.3, -0.25) is 4.79 Å². The number of hydrogen-bond acceptors (Lipinski definition) is 2. The van der Waals surface area contributed by atoms with Crippen LogP contribution in [0.4, 0.5) is 18.9 Å². The molecule has 0 aromatic heterocycles. The molecule has 19 heavy (non-hydrogen) atoms. The van der Waals surface area contributed by atoms with Gasteiger partial charge in [0, 0.05) is 12.2 Å². The summed E-state index contributed by atoms with van der Waals surface area (Å²) in [6.07, 6.45) is -5.03. The molecule has 0 fully saturated rings. The molecule has 0 spiro atoms. The monoisotopic (exact) mass is 294 g/mol. The van der Waals surface area contributed by atoms with Gasteiger partial charge in [0.15, 0.2) is 0 Å². The summed E-state index contributed by atoms with van der Waals surface area (Å²) in [4.78, 5) is 11.1. The second-order valence-electron chi connectivity index (χ2n) is 4.25. The molecule has 0 saturated carbocycles. The highest BCUT2D eigenvalue weighted by Gasteiger charge is 2.31. The van der Waals surface area contributed by atoms with Gasteiger partial charge in [0.25, 0.3) is 0 Å². The molecule has 3 nitrogen and oxygen atoms in total. The highest BCUT2D eigenvalue weighted by molar-refractivity contribution is 5.91. The molecule has 7 heteroatoms. The number of anilines is 1. The lowest BCUT2D eigenvalue weighted by Crippen LogP contribution is -2.24. The molecule has 0 bridgehead atoms. The molecule has 0 radical (unpaired) electrons. The third kappa shape index (κ3) is 4.72. The van der Waals surface area contributed by atoms with E-state index in [9.17, 15) is 18.0 Å². The van der Waals surface area contributed by atoms with Crippen LogP contribution in [-0.2, 0) is 17.8 Å². The van der Waals surface area contributed by atoms with Crippen molar-refractivity contribution in [1.29, 1.82) is 0 Å². The van der Waals surface area contributed by atoms with E-state index in [4.69, 9.17) is 0 Å². The van der Waals surface area contributed by atoms with Crippen LogP contribution in [0, 0.1) is 0 Å². The molecule has 1 heterocycles. The molecule has 0 unspecified atom stereocenters. The molecular weight excluding hydrogens is 281 g/mol. The quantitative estimate of drug-likeness (QED) is 0.880. The number of carbonyl (C=O) groups is 1. The maximum Gasteiger partial charge on any atom is 0.397 e. The molecule has 106 valence electrons. The average molecular weight is 295 g/mol. The van der Waals surface area contributed by atoms with Gasteiger partial charge in [-0.25, -0.2) is 0 Å². The Hall–Kier alpha value is -1.27. The molecule has 0 aliphatic carbocycles. The Morgan fingerprint density at radius 1 is 1.32 bits per heavy atom. The zero-order valence-corrected chi connectivity index (χ0v) is 10.8. The molecule has 0 atom stereocenters. The molecule has 2 rings (SSSR count). The maximum atomic E-state index is 12.0. The fourth-order valence-electron chi connectivity index (χ4n) is 1.95. The molecule has 0 saturated heterocycles. The lowest BCUT2D eigenvalue weighted by molar-refractivity contribution is -0.150. The number of fused-ring (bicyclic) bond motifs is 1. The molecule has 1 aliphatic heterocycles. The van der Waals surface area contributed by atoms with Crippen LogP contribution in [0.25, 0.3) is 0 Å². The molecular formula is C12H14ClF3N2O. The Labute approximate surface area is 115 Å². The Morgan fingerprint density at radius 2 is 2.05 bits per heavy atom. The smallest absolute Gasteiger partial charge is 0.326 e. The van der Waals surface area contributed by atoms with Gasteiger partial charge < -0.3 is 10.6 Å². The normalized spacial score (nSPS) is 14.3. The van der Waals surface area contributed by atoms with E-state index in [0.29, 0.717) is 12.2 Å². The number of carbonyl (C=O) groups excluding carboxylic acids is 1. The van der Waals surface area contributed by atoms with Crippen molar-refractivity contribution in [3.05, 3.63) is 29.3 Å². The van der Waals surface area contributed by atoms with Crippen LogP contribution in [0.2, 0.25) is 0 Å². The Kier molecular flexibility index (Phi) is 5.20. The lowest BCUT2D eigenvalue weighted by Gasteiger charge is -2.18. The van der Waals surface area contributed by atoms with Crippen molar-refractivity contribution in [1.82, 2.24) is 5.32 Å². The number of benzene rings is 1. The number of halogens is 4. The van der Waals surface area contributed by atoms with Crippen LogP contribution in [0.15, 0.2) is 18.2 Å². The van der Waals surface area contributed by atoms with Crippen LogP contribution < -0.4 is 10.6 Å². The predicted molar refractivity (Wildman–Crippen MR) is 68.4 cm³/mol. The topological polar surface area (TPSA) is 41.1 Å². The zero-order chi connectivity index (χ0) is 13.2. The number of alkyl halides is 3. The van der Waals surface area contributed by atoms with Gasteiger partial charge in [0.1, 0.15) is 6.42 Å². The van der Waals surface area contributed by atoms with Gasteiger partial charge in [-0.15, -0.1) is 12.4 Å². The van der Waals surface area contributed by atoms with Crippen LogP contribution in [-0.4, -0.2) is 18.6 Å². The SMILES string of the molecule is Cl.O=C(CC(F)(F)F)Nc1ccc2c(c1)CNCC2. The first-order valence-corrected chi connectivity index (χ1v) is 5.63. The van der Waals surface area contributed by atoms with Crippen molar-refractivity contribution in [3.63, 3.8) is 0 Å². The standard InChI is InChI=1S/C12H13F3N2O.ClH/c13-12(14,15)6-11(18)17-10-2-1-8-3-4-16-7-9(8)5-10;/h1-2,5,16H,3-4,6-7H2,(H,17,18);1H. The van der Waals surface area contributed by atoms with E-state index in [1.807, 2.05) is 6.07 Å². The second-order valence-corrected chi connectivity index (χ2v) is 4.25. The van der Waals surface area contributed by atoms with Crippen molar-refractivity contribution >= 4 is 24.0 Å². The summed E-state index contributed by atoms with van der Waals surface area (Å²) >= 11 is 0. The number of amides is 1. The van der Waals surface area contributed by atoms with E-state index >= 15 is 0 Å². The fraction of sp³-hybridized carbons (Fsp3) is 0.417. The maximum absolute atomic E-state index is 12.0. The summed E-state index contributed by atoms with van der Waals surface area (Å²) in [6, 6.07) is 5.20. The first-order valence-electron chi connectivity index (χ1n) is 5.63. The molecule has 1 amide bonds. The summed E-state index contributed by atoms with van der Waals surface area (Å²) in [5.41, 5.74) is 2.60. The average Bonchev–Trinajstić information content (AvgIpc) is 2.26. The van der Waals surface area contributed by atoms with Gasteiger partial charge in [0.05, 0.1) is 0 Å². The molecule has 1 aromatic carbocycles. The lowest BCUT2D eigenvalue weighted by atomic mass is 10.0. The van der Waals surface area contributed by atoms with Gasteiger partial charge in [-0.1, -0.05) is 6.07 Å². The zero-order valence-electron chi connectivity index (χ0n) is 10.0. The van der Waals surface area contributed by atoms with Gasteiger partial charge in [-0.05, 0) is 36.2 Å². The Balaban J connectivity index is 0.00000180. The highest BCUT2D eigenvalue weighted by Crippen LogP contribution is 2.22. The second kappa shape index (κ2) is 6.25. The predicted octanol–water partition coefficient (Wildman–Crippen LogP) is 2.65. The van der Waals surface area contributed by atoms with E-state index in [-0.39, 0.29) is 12.4 Å². The fourth-order valence-corrected chi connectivity index (χ4v) is 1.95. The van der Waals surface area contributed by atoms with Crippen LogP contribution in [0.1, 0.15) is 17.5 Å². The summed E-state index contributed by atoms with van der Waals surface area (Å²) in [6.45, 7) is 1.57. The van der Waals surface area contributed by atoms with Gasteiger partial charge in [0.2, 0.25) is 5.91 Å². The molecule has 1 aliphatic rings. The van der Waals surface area contributed by atoms with Crippen LogP contribution >= 0.6 is 12.4 Å². The molecule has 1 aromatic rings. The van der Waals surface area contributed by atoms with Crippen molar-refractivity contribution < 1.29 is 18.0 Å². The third-order valence-electron chi connectivity index (χ3n) is 2.74. The third-order valence-corrected chi connectivity index (χ3v) is 2.74. The van der Waals surface area contributed by atoms with Crippen molar-refractivity contribution in [3.8, 4) is 0 Å². The first-order chi connectivity index (χ1) is 8.44. The highest BCUT2D eigenvalue weighted by atomic mass is 35.5. The summed E-state index contributed by atoms with van der Waals surface area (Å²) in [7, 11) is 0. The minimum absolute atomic E-state index is 0. The Morgan fingerprint density at radius 3 is 2.74 bits per heavy atom. The summed E-state index contributed by atoms with van der Waals surface area (Å²) in [5, 5.41) is 5.43. The van der Waals surface area contributed by atoms with Crippen molar-refractivity contribution in [2.24, 2.45) is 0 Å². The minimum atomic E-state index is -4.47. The van der Waals surface area contributed by atoms with Crippen molar-refractivity contribution in [2.75, 3.05) is 11.9 Å². The van der Waals surface area contributed by atoms with E-state index < -0.39 is 18.5 Å². The minimum Gasteiger partial charge on any atom is -0.326 e. The van der Waals surface area contributed by atoms with Gasteiger partial charge >= 0.3 is 6.18 Å². The summed E-state index contributed by atoms with van der Waals surface area (Å²) in [5.74, 6) is -1.04. The van der Waals surface area contributed by atoms with E-state index in [0.717, 1.165) is 18.5 Å². The van der Waals surface area contributed by atoms with Crippen LogP contribution in [0.5, 0.6) is 0 Å². The van der Waals surface area contributed by atoms with E-state index in [1.54, 1.807) is 12.1 Å². The summed E-state index contributed by atoms with van der Waals surface area (Å²) < 4.78 is 36.0. The number of rotatable bonds is 2. The van der Waals surface area contributed by atoms with Crippen molar-refractivity contribution in [2.45, 2.75) is 25.6 Å². The Bertz CT molecular complexity index is 463. The van der Waals surface area contributed by atoms with E-state index in [2.05, 4.69) is 10.6 Å². The molecule has 2 N–H and O–H groups in total. The van der Waals surface area contributed by atoms with Crippen LogP contribution in [0.3, 0.4) is 0 Å². The van der Waals surface area contributed by atoms with Gasteiger partial charge in [-0.2, -0.15) is 13.2 Å². The first kappa shape index (κ1) is 15.8. The number of hydrogen-bond donors (Lipinski definition) is 2.